The molecule has 8 nitrogen and oxygen atoms in total. The Bertz CT molecular complexity index is 1030. The van der Waals surface area contributed by atoms with Gasteiger partial charge in [-0.15, -0.1) is 11.3 Å². The van der Waals surface area contributed by atoms with Gasteiger partial charge in [0.15, 0.2) is 0 Å². The zero-order valence-electron chi connectivity index (χ0n) is 16.6. The third-order valence-electron chi connectivity index (χ3n) is 5.35. The van der Waals surface area contributed by atoms with Gasteiger partial charge in [-0.25, -0.2) is 4.98 Å². The first-order valence-corrected chi connectivity index (χ1v) is 11.0. The molecule has 3 aromatic heterocycles. The second-order valence-electron chi connectivity index (χ2n) is 7.42. The normalized spacial score (nSPS) is 14.9. The highest BCUT2D eigenvalue weighted by atomic mass is 32.1. The van der Waals surface area contributed by atoms with Gasteiger partial charge in [0, 0.05) is 30.0 Å². The number of nitrogens with zero attached hydrogens (tertiary/aromatic N) is 4. The summed E-state index contributed by atoms with van der Waals surface area (Å²) in [6.45, 7) is 4.09. The van der Waals surface area contributed by atoms with Gasteiger partial charge in [-0.3, -0.25) is 14.7 Å². The van der Waals surface area contributed by atoms with E-state index in [9.17, 15) is 9.59 Å². The fourth-order valence-electron chi connectivity index (χ4n) is 3.72. The third-order valence-corrected chi connectivity index (χ3v) is 6.23. The molecule has 4 heterocycles. The van der Waals surface area contributed by atoms with Crippen molar-refractivity contribution in [1.29, 1.82) is 0 Å². The van der Waals surface area contributed by atoms with Crippen molar-refractivity contribution < 1.29 is 4.79 Å². The van der Waals surface area contributed by atoms with E-state index < -0.39 is 0 Å². The predicted octanol–water partition coefficient (Wildman–Crippen LogP) is 2.73. The number of thiophene rings is 1. The second kappa shape index (κ2) is 8.77. The number of hydrogen-bond donors (Lipinski definition) is 2. The highest BCUT2D eigenvalue weighted by Gasteiger charge is 2.18. The maximum atomic E-state index is 12.9. The number of carbonyl (C=O) groups excluding carboxylic acids is 1. The number of rotatable bonds is 6. The lowest BCUT2D eigenvalue weighted by atomic mass is 10.1. The van der Waals surface area contributed by atoms with Gasteiger partial charge in [0.05, 0.1) is 12.2 Å². The van der Waals surface area contributed by atoms with Crippen LogP contribution in [-0.4, -0.2) is 43.5 Å². The van der Waals surface area contributed by atoms with Crippen LogP contribution in [-0.2, 0) is 17.8 Å². The van der Waals surface area contributed by atoms with Crippen LogP contribution < -0.4 is 10.9 Å². The summed E-state index contributed by atoms with van der Waals surface area (Å²) in [5.41, 5.74) is 1.02. The first-order chi connectivity index (χ1) is 14.1. The van der Waals surface area contributed by atoms with Crippen LogP contribution in [0.3, 0.4) is 0 Å². The van der Waals surface area contributed by atoms with Crippen LogP contribution in [0.15, 0.2) is 22.3 Å². The summed E-state index contributed by atoms with van der Waals surface area (Å²) in [6, 6.07) is 4.03. The minimum Gasteiger partial charge on any atom is -0.350 e. The molecule has 0 aliphatic carbocycles. The van der Waals surface area contributed by atoms with E-state index in [1.807, 2.05) is 22.4 Å². The molecule has 0 spiro atoms. The topological polar surface area (TPSA) is 95.4 Å². The van der Waals surface area contributed by atoms with Crippen molar-refractivity contribution in [3.05, 3.63) is 44.0 Å². The number of fused-ring (bicyclic) bond motifs is 1. The van der Waals surface area contributed by atoms with Gasteiger partial charge in [-0.05, 0) is 37.6 Å². The lowest BCUT2D eigenvalue weighted by molar-refractivity contribution is -0.131. The Morgan fingerprint density at radius 2 is 2.03 bits per heavy atom. The number of aryl methyl sites for hydroxylation is 1. The van der Waals surface area contributed by atoms with Gasteiger partial charge in [0.1, 0.15) is 0 Å². The van der Waals surface area contributed by atoms with Gasteiger partial charge < -0.3 is 10.2 Å². The van der Waals surface area contributed by atoms with Crippen molar-refractivity contribution in [2.45, 2.75) is 52.0 Å². The zero-order valence-corrected chi connectivity index (χ0v) is 17.4. The predicted molar refractivity (Wildman–Crippen MR) is 113 cm³/mol. The average Bonchev–Trinajstić information content (AvgIpc) is 3.28. The first-order valence-electron chi connectivity index (χ1n) is 10.1. The van der Waals surface area contributed by atoms with E-state index in [2.05, 4.69) is 20.4 Å². The Morgan fingerprint density at radius 1 is 1.24 bits per heavy atom. The summed E-state index contributed by atoms with van der Waals surface area (Å²) >= 11 is 1.66. The van der Waals surface area contributed by atoms with Gasteiger partial charge >= 0.3 is 0 Å². The highest BCUT2D eigenvalue weighted by molar-refractivity contribution is 7.09. The van der Waals surface area contributed by atoms with Crippen LogP contribution in [0.25, 0.3) is 5.78 Å². The molecule has 0 bridgehead atoms. The van der Waals surface area contributed by atoms with Gasteiger partial charge in [0.25, 0.3) is 11.3 Å². The minimum absolute atomic E-state index is 0.124. The zero-order chi connectivity index (χ0) is 20.2. The molecule has 0 unspecified atom stereocenters. The lowest BCUT2D eigenvalue weighted by Gasteiger charge is -2.20. The molecule has 9 heteroatoms. The quantitative estimate of drug-likeness (QED) is 0.647. The van der Waals surface area contributed by atoms with Crippen LogP contribution in [0.2, 0.25) is 0 Å². The highest BCUT2D eigenvalue weighted by Crippen LogP contribution is 2.14. The Labute approximate surface area is 173 Å². The molecule has 3 aromatic rings. The lowest BCUT2D eigenvalue weighted by Crippen LogP contribution is -2.32. The number of likely N-dealkylation sites (tertiary alicyclic amines) is 1. The van der Waals surface area contributed by atoms with Gasteiger partial charge in [-0.2, -0.15) is 9.50 Å². The third kappa shape index (κ3) is 4.50. The van der Waals surface area contributed by atoms with Gasteiger partial charge in [0.2, 0.25) is 11.9 Å². The van der Waals surface area contributed by atoms with E-state index in [4.69, 9.17) is 0 Å². The van der Waals surface area contributed by atoms with Crippen LogP contribution in [0.4, 0.5) is 5.95 Å². The number of aromatic nitrogens is 4. The standard InChI is InChI=1S/C20H26N6O2S/c1-14-16(8-9-17(27)25-10-4-2-3-5-11-25)18(28)26-20(22-14)23-19(24-26)21-13-15-7-6-12-29-15/h6-7,12H,2-5,8-11,13H2,1H3,(H2,21,22,23,24). The number of carbonyl (C=O) groups is 1. The molecule has 0 radical (unpaired) electrons. The van der Waals surface area contributed by atoms with E-state index in [1.165, 1.54) is 22.2 Å². The van der Waals surface area contributed by atoms with E-state index in [0.717, 1.165) is 25.9 Å². The SMILES string of the molecule is Cc1nc2nc(NCc3cccs3)[nH]n2c(=O)c1CCC(=O)N1CCCCCC1. The van der Waals surface area contributed by atoms with Crippen molar-refractivity contribution >= 4 is 29.0 Å². The van der Waals surface area contributed by atoms with E-state index in [0.29, 0.717) is 42.4 Å². The monoisotopic (exact) mass is 414 g/mol. The summed E-state index contributed by atoms with van der Waals surface area (Å²) in [4.78, 5) is 37.5. The molecule has 1 aliphatic heterocycles. The number of H-pyrrole nitrogens is 1. The number of aromatic amines is 1. The molecular weight excluding hydrogens is 388 g/mol. The number of anilines is 1. The van der Waals surface area contributed by atoms with E-state index in [1.54, 1.807) is 18.3 Å². The molecule has 4 rings (SSSR count). The largest absolute Gasteiger partial charge is 0.350 e. The molecule has 154 valence electrons. The van der Waals surface area contributed by atoms with Crippen molar-refractivity contribution in [2.75, 3.05) is 18.4 Å². The van der Waals surface area contributed by atoms with E-state index >= 15 is 0 Å². The Kier molecular flexibility index (Phi) is 5.94. The summed E-state index contributed by atoms with van der Waals surface area (Å²) in [5, 5.41) is 8.19. The number of nitrogens with one attached hydrogen (secondary N) is 2. The Balaban J connectivity index is 1.47. The fourth-order valence-corrected chi connectivity index (χ4v) is 4.36. The van der Waals surface area contributed by atoms with E-state index in [-0.39, 0.29) is 11.5 Å². The summed E-state index contributed by atoms with van der Waals surface area (Å²) in [6.07, 6.45) is 5.24. The molecule has 1 saturated heterocycles. The molecular formula is C20H26N6O2S. The molecule has 29 heavy (non-hydrogen) atoms. The van der Waals surface area contributed by atoms with Crippen LogP contribution in [0.5, 0.6) is 0 Å². The number of hydrogen-bond acceptors (Lipinski definition) is 6. The maximum Gasteiger partial charge on any atom is 0.277 e. The summed E-state index contributed by atoms with van der Waals surface area (Å²) < 4.78 is 1.36. The van der Waals surface area contributed by atoms with Crippen LogP contribution in [0, 0.1) is 6.92 Å². The van der Waals surface area contributed by atoms with Crippen molar-refractivity contribution in [2.24, 2.45) is 0 Å². The molecule has 1 fully saturated rings. The molecule has 1 amide bonds. The van der Waals surface area contributed by atoms with Crippen molar-refractivity contribution in [3.63, 3.8) is 0 Å². The summed E-state index contributed by atoms with van der Waals surface area (Å²) in [7, 11) is 0. The number of amides is 1. The molecule has 2 N–H and O–H groups in total. The molecule has 0 atom stereocenters. The average molecular weight is 415 g/mol. The van der Waals surface area contributed by atoms with Crippen LogP contribution in [0.1, 0.15) is 48.2 Å². The molecule has 0 aromatic carbocycles. The first kappa shape index (κ1) is 19.6. The minimum atomic E-state index is -0.187. The second-order valence-corrected chi connectivity index (χ2v) is 8.45. The summed E-state index contributed by atoms with van der Waals surface area (Å²) in [5.74, 6) is 0.961. The molecule has 0 saturated carbocycles. The van der Waals surface area contributed by atoms with Crippen molar-refractivity contribution in [3.8, 4) is 0 Å². The van der Waals surface area contributed by atoms with Crippen molar-refractivity contribution in [1.82, 2.24) is 24.5 Å². The maximum absolute atomic E-state index is 12.9. The van der Waals surface area contributed by atoms with Gasteiger partial charge in [-0.1, -0.05) is 18.9 Å². The Morgan fingerprint density at radius 3 is 2.76 bits per heavy atom. The molecule has 1 aliphatic rings. The Hall–Kier alpha value is -2.68. The fraction of sp³-hybridized carbons (Fsp3) is 0.500. The smallest absolute Gasteiger partial charge is 0.277 e. The van der Waals surface area contributed by atoms with Crippen LogP contribution >= 0.6 is 11.3 Å².